The zero-order valence-corrected chi connectivity index (χ0v) is 8.40. The van der Waals surface area contributed by atoms with Crippen molar-refractivity contribution in [3.8, 4) is 0 Å². The van der Waals surface area contributed by atoms with Gasteiger partial charge in [0.15, 0.2) is 0 Å². The first kappa shape index (κ1) is 9.45. The van der Waals surface area contributed by atoms with Crippen LogP contribution in [0.25, 0.3) is 0 Å². The zero-order chi connectivity index (χ0) is 9.19. The molecule has 0 spiro atoms. The zero-order valence-electron chi connectivity index (χ0n) is 7.59. The molecule has 0 aromatic carbocycles. The van der Waals surface area contributed by atoms with E-state index in [1.54, 1.807) is 0 Å². The van der Waals surface area contributed by atoms with E-state index in [1.165, 1.54) is 0 Å². The third-order valence-electron chi connectivity index (χ3n) is 1.51. The molecule has 0 saturated heterocycles. The van der Waals surface area contributed by atoms with Gasteiger partial charge < -0.3 is 9.57 Å². The average Bonchev–Trinajstić information content (AvgIpc) is 2.31. The topological polar surface area (TPSA) is 30.8 Å². The summed E-state index contributed by atoms with van der Waals surface area (Å²) >= 11 is 4.98. The largest absolute Gasteiger partial charge is 0.482 e. The van der Waals surface area contributed by atoms with Crippen LogP contribution in [0.4, 0.5) is 0 Å². The van der Waals surface area contributed by atoms with Gasteiger partial charge in [0.2, 0.25) is 5.05 Å². The molecule has 4 heteroatoms. The van der Waals surface area contributed by atoms with Crippen LogP contribution in [0.1, 0.15) is 27.2 Å². The number of oxime groups is 1. The van der Waals surface area contributed by atoms with E-state index < -0.39 is 0 Å². The lowest BCUT2D eigenvalue weighted by molar-refractivity contribution is 0.0123. The minimum Gasteiger partial charge on any atom is -0.482 e. The van der Waals surface area contributed by atoms with Crippen LogP contribution in [0.15, 0.2) is 5.16 Å². The fraction of sp³-hybridized carbons (Fsp3) is 0.750. The van der Waals surface area contributed by atoms with Gasteiger partial charge in [0.1, 0.15) is 11.3 Å². The van der Waals surface area contributed by atoms with Crippen LogP contribution < -0.4 is 0 Å². The van der Waals surface area contributed by atoms with Crippen LogP contribution in [0.3, 0.4) is 0 Å². The number of ether oxygens (including phenoxy) is 1. The summed E-state index contributed by atoms with van der Waals surface area (Å²) < 4.78 is 5.14. The van der Waals surface area contributed by atoms with Crippen LogP contribution in [0.2, 0.25) is 0 Å². The number of thiocarbonyl (C=S) groups is 1. The molecule has 1 heterocycles. The molecule has 0 aromatic heterocycles. The van der Waals surface area contributed by atoms with E-state index in [9.17, 15) is 0 Å². The Labute approximate surface area is 77.7 Å². The van der Waals surface area contributed by atoms with Crippen LogP contribution in [0, 0.1) is 0 Å². The van der Waals surface area contributed by atoms with Crippen LogP contribution in [0.5, 0.6) is 0 Å². The summed E-state index contributed by atoms with van der Waals surface area (Å²) in [6.07, 6.45) is 0.728. The van der Waals surface area contributed by atoms with Crippen molar-refractivity contribution in [1.29, 1.82) is 0 Å². The molecule has 0 amide bonds. The lowest BCUT2D eigenvalue weighted by atomic mass is 10.0. The Hall–Kier alpha value is -0.640. The second kappa shape index (κ2) is 3.39. The van der Waals surface area contributed by atoms with Crippen molar-refractivity contribution >= 4 is 23.0 Å². The Morgan fingerprint density at radius 1 is 1.75 bits per heavy atom. The molecule has 1 aliphatic heterocycles. The van der Waals surface area contributed by atoms with Crippen molar-refractivity contribution in [2.45, 2.75) is 32.8 Å². The second-order valence-electron chi connectivity index (χ2n) is 3.29. The SMILES string of the molecule is CCOC(=S)C1=NOC(C)(C)C1. The van der Waals surface area contributed by atoms with Crippen molar-refractivity contribution < 1.29 is 9.57 Å². The van der Waals surface area contributed by atoms with Gasteiger partial charge in [0, 0.05) is 6.42 Å². The third-order valence-corrected chi connectivity index (χ3v) is 1.86. The summed E-state index contributed by atoms with van der Waals surface area (Å²) in [6.45, 7) is 6.42. The van der Waals surface area contributed by atoms with E-state index in [4.69, 9.17) is 21.8 Å². The van der Waals surface area contributed by atoms with E-state index in [2.05, 4.69) is 5.16 Å². The maximum absolute atomic E-state index is 5.14. The minimum absolute atomic E-state index is 0.226. The summed E-state index contributed by atoms with van der Waals surface area (Å²) in [5.74, 6) is 0. The standard InChI is InChI=1S/C8H13NO2S/c1-4-10-7(12)6-5-8(2,3)11-9-6/h4-5H2,1-3H3. The molecule has 0 saturated carbocycles. The molecule has 0 fully saturated rings. The fourth-order valence-electron chi connectivity index (χ4n) is 0.970. The monoisotopic (exact) mass is 187 g/mol. The fourth-order valence-corrected chi connectivity index (χ4v) is 1.20. The molecule has 3 nitrogen and oxygen atoms in total. The van der Waals surface area contributed by atoms with Crippen molar-refractivity contribution in [2.75, 3.05) is 6.61 Å². The highest BCUT2D eigenvalue weighted by atomic mass is 32.1. The lowest BCUT2D eigenvalue weighted by Gasteiger charge is -2.13. The molecule has 0 aromatic rings. The van der Waals surface area contributed by atoms with E-state index in [-0.39, 0.29) is 5.60 Å². The third kappa shape index (κ3) is 2.17. The van der Waals surface area contributed by atoms with Gasteiger partial charge in [-0.05, 0) is 33.0 Å². The number of rotatable bonds is 2. The molecule has 1 rings (SSSR count). The van der Waals surface area contributed by atoms with E-state index in [0.29, 0.717) is 11.7 Å². The Balaban J connectivity index is 2.51. The van der Waals surface area contributed by atoms with Crippen LogP contribution >= 0.6 is 12.2 Å². The van der Waals surface area contributed by atoms with E-state index >= 15 is 0 Å². The number of nitrogens with zero attached hydrogens (tertiary/aromatic N) is 1. The van der Waals surface area contributed by atoms with Crippen LogP contribution in [-0.2, 0) is 9.57 Å². The first-order valence-corrected chi connectivity index (χ1v) is 4.38. The summed E-state index contributed by atoms with van der Waals surface area (Å²) in [5.41, 5.74) is 0.521. The normalized spacial score (nSPS) is 19.8. The van der Waals surface area contributed by atoms with Crippen molar-refractivity contribution in [3.63, 3.8) is 0 Å². The number of hydrogen-bond acceptors (Lipinski definition) is 4. The Kier molecular flexibility index (Phi) is 2.67. The molecule has 12 heavy (non-hydrogen) atoms. The maximum Gasteiger partial charge on any atom is 0.209 e. The summed E-state index contributed by atoms with van der Waals surface area (Å²) in [7, 11) is 0. The van der Waals surface area contributed by atoms with Gasteiger partial charge >= 0.3 is 0 Å². The second-order valence-corrected chi connectivity index (χ2v) is 3.66. The van der Waals surface area contributed by atoms with E-state index in [1.807, 2.05) is 20.8 Å². The molecule has 0 radical (unpaired) electrons. The van der Waals surface area contributed by atoms with Gasteiger partial charge in [-0.1, -0.05) is 5.16 Å². The van der Waals surface area contributed by atoms with Crippen LogP contribution in [-0.4, -0.2) is 23.0 Å². The molecule has 68 valence electrons. The average molecular weight is 187 g/mol. The van der Waals surface area contributed by atoms with Gasteiger partial charge in [0.25, 0.3) is 0 Å². The molecule has 1 aliphatic rings. The van der Waals surface area contributed by atoms with Crippen molar-refractivity contribution in [2.24, 2.45) is 5.16 Å². The summed E-state index contributed by atoms with van der Waals surface area (Å²) in [5, 5.41) is 4.32. The smallest absolute Gasteiger partial charge is 0.209 e. The van der Waals surface area contributed by atoms with Gasteiger partial charge in [-0.15, -0.1) is 0 Å². The van der Waals surface area contributed by atoms with Gasteiger partial charge in [-0.25, -0.2) is 0 Å². The minimum atomic E-state index is -0.226. The van der Waals surface area contributed by atoms with Crippen molar-refractivity contribution in [3.05, 3.63) is 0 Å². The lowest BCUT2D eigenvalue weighted by Crippen LogP contribution is -2.22. The van der Waals surface area contributed by atoms with E-state index in [0.717, 1.165) is 12.1 Å². The van der Waals surface area contributed by atoms with Gasteiger partial charge in [-0.2, -0.15) is 0 Å². The molecule has 0 bridgehead atoms. The Morgan fingerprint density at radius 3 is 2.83 bits per heavy atom. The Bertz CT molecular complexity index is 223. The maximum atomic E-state index is 5.14. The summed E-state index contributed by atoms with van der Waals surface area (Å²) in [4.78, 5) is 5.14. The molecule has 0 N–H and O–H groups in total. The molecular weight excluding hydrogens is 174 g/mol. The highest BCUT2D eigenvalue weighted by molar-refractivity contribution is 7.81. The summed E-state index contributed by atoms with van der Waals surface area (Å²) in [6, 6.07) is 0. The molecule has 0 unspecified atom stereocenters. The molecule has 0 aliphatic carbocycles. The molecule has 0 atom stereocenters. The van der Waals surface area contributed by atoms with Gasteiger partial charge in [0.05, 0.1) is 6.61 Å². The van der Waals surface area contributed by atoms with Crippen molar-refractivity contribution in [1.82, 2.24) is 0 Å². The highest BCUT2D eigenvalue weighted by Crippen LogP contribution is 2.22. The van der Waals surface area contributed by atoms with Gasteiger partial charge in [-0.3, -0.25) is 0 Å². The highest BCUT2D eigenvalue weighted by Gasteiger charge is 2.31. The number of hydrogen-bond donors (Lipinski definition) is 0. The first-order chi connectivity index (χ1) is 5.55. The first-order valence-electron chi connectivity index (χ1n) is 3.97. The predicted molar refractivity (Wildman–Crippen MR) is 51.4 cm³/mol. The quantitative estimate of drug-likeness (QED) is 0.619. The Morgan fingerprint density at radius 2 is 2.42 bits per heavy atom. The predicted octanol–water partition coefficient (Wildman–Crippen LogP) is 1.91. The molecular formula is C8H13NO2S.